The first-order chi connectivity index (χ1) is 6.69. The summed E-state index contributed by atoms with van der Waals surface area (Å²) in [6.07, 6.45) is 2.52. The molecule has 0 bridgehead atoms. The second kappa shape index (κ2) is 5.32. The zero-order valence-corrected chi connectivity index (χ0v) is 9.03. The fourth-order valence-electron chi connectivity index (χ4n) is 1.88. The van der Waals surface area contributed by atoms with Crippen LogP contribution in [0.5, 0.6) is 0 Å². The SMILES string of the molecule is COC(CN)CC(=O)N1CCCC1C. The van der Waals surface area contributed by atoms with Gasteiger partial charge in [0.1, 0.15) is 0 Å². The van der Waals surface area contributed by atoms with Crippen LogP contribution in [0.2, 0.25) is 0 Å². The van der Waals surface area contributed by atoms with Crippen LogP contribution in [0.3, 0.4) is 0 Å². The molecule has 1 fully saturated rings. The first-order valence-electron chi connectivity index (χ1n) is 5.21. The Morgan fingerprint density at radius 1 is 1.71 bits per heavy atom. The molecular formula is C10H20N2O2. The summed E-state index contributed by atoms with van der Waals surface area (Å²) in [7, 11) is 1.60. The van der Waals surface area contributed by atoms with Crippen molar-refractivity contribution in [2.75, 3.05) is 20.2 Å². The highest BCUT2D eigenvalue weighted by Crippen LogP contribution is 2.17. The number of hydrogen-bond acceptors (Lipinski definition) is 3. The monoisotopic (exact) mass is 200 g/mol. The maximum Gasteiger partial charge on any atom is 0.225 e. The molecule has 4 heteroatoms. The average Bonchev–Trinajstić information content (AvgIpc) is 2.60. The summed E-state index contributed by atoms with van der Waals surface area (Å²) in [5, 5.41) is 0. The second-order valence-corrected chi connectivity index (χ2v) is 3.88. The van der Waals surface area contributed by atoms with E-state index in [4.69, 9.17) is 10.5 Å². The molecule has 4 nitrogen and oxygen atoms in total. The predicted molar refractivity (Wildman–Crippen MR) is 54.9 cm³/mol. The van der Waals surface area contributed by atoms with Gasteiger partial charge in [0.05, 0.1) is 12.5 Å². The number of amides is 1. The minimum Gasteiger partial charge on any atom is -0.380 e. The quantitative estimate of drug-likeness (QED) is 0.713. The number of nitrogens with two attached hydrogens (primary N) is 1. The zero-order valence-electron chi connectivity index (χ0n) is 9.03. The lowest BCUT2D eigenvalue weighted by Crippen LogP contribution is -2.37. The number of hydrogen-bond donors (Lipinski definition) is 1. The van der Waals surface area contributed by atoms with E-state index in [1.165, 1.54) is 0 Å². The van der Waals surface area contributed by atoms with Crippen LogP contribution in [-0.4, -0.2) is 43.2 Å². The highest BCUT2D eigenvalue weighted by molar-refractivity contribution is 5.77. The highest BCUT2D eigenvalue weighted by Gasteiger charge is 2.26. The van der Waals surface area contributed by atoms with Crippen molar-refractivity contribution in [3.05, 3.63) is 0 Å². The molecule has 1 aliphatic heterocycles. The van der Waals surface area contributed by atoms with E-state index in [9.17, 15) is 4.79 Å². The molecule has 0 aromatic rings. The van der Waals surface area contributed by atoms with Crippen molar-refractivity contribution >= 4 is 5.91 Å². The van der Waals surface area contributed by atoms with Crippen molar-refractivity contribution < 1.29 is 9.53 Å². The fraction of sp³-hybridized carbons (Fsp3) is 0.900. The number of likely N-dealkylation sites (tertiary alicyclic amines) is 1. The van der Waals surface area contributed by atoms with E-state index in [0.717, 1.165) is 19.4 Å². The van der Waals surface area contributed by atoms with E-state index in [1.54, 1.807) is 7.11 Å². The van der Waals surface area contributed by atoms with Gasteiger partial charge in [0.15, 0.2) is 0 Å². The number of rotatable bonds is 4. The van der Waals surface area contributed by atoms with Crippen LogP contribution in [0.15, 0.2) is 0 Å². The Morgan fingerprint density at radius 3 is 2.86 bits per heavy atom. The van der Waals surface area contributed by atoms with Crippen LogP contribution in [0.4, 0.5) is 0 Å². The standard InChI is InChI=1S/C10H20N2O2/c1-8-4-3-5-12(8)10(13)6-9(7-11)14-2/h8-9H,3-7,11H2,1-2H3. The molecule has 0 aromatic carbocycles. The van der Waals surface area contributed by atoms with Gasteiger partial charge in [-0.05, 0) is 19.8 Å². The van der Waals surface area contributed by atoms with Gasteiger partial charge in [-0.25, -0.2) is 0 Å². The first kappa shape index (κ1) is 11.5. The summed E-state index contributed by atoms with van der Waals surface area (Å²) >= 11 is 0. The Hall–Kier alpha value is -0.610. The van der Waals surface area contributed by atoms with Gasteiger partial charge in [-0.2, -0.15) is 0 Å². The van der Waals surface area contributed by atoms with Gasteiger partial charge in [-0.15, -0.1) is 0 Å². The maximum absolute atomic E-state index is 11.8. The molecule has 1 amide bonds. The molecular weight excluding hydrogens is 180 g/mol. The molecule has 0 saturated carbocycles. The normalized spacial score (nSPS) is 23.9. The predicted octanol–water partition coefficient (Wildman–Crippen LogP) is 0.361. The lowest BCUT2D eigenvalue weighted by atomic mass is 10.2. The minimum atomic E-state index is -0.129. The maximum atomic E-state index is 11.8. The van der Waals surface area contributed by atoms with Gasteiger partial charge in [-0.3, -0.25) is 4.79 Å². The molecule has 0 aliphatic carbocycles. The summed E-state index contributed by atoms with van der Waals surface area (Å²) in [5.41, 5.74) is 5.47. The third-order valence-corrected chi connectivity index (χ3v) is 2.87. The molecule has 1 heterocycles. The van der Waals surface area contributed by atoms with E-state index >= 15 is 0 Å². The largest absolute Gasteiger partial charge is 0.380 e. The van der Waals surface area contributed by atoms with Crippen LogP contribution >= 0.6 is 0 Å². The number of methoxy groups -OCH3 is 1. The third kappa shape index (κ3) is 2.69. The minimum absolute atomic E-state index is 0.129. The summed E-state index contributed by atoms with van der Waals surface area (Å²) < 4.78 is 5.09. The molecule has 1 aliphatic rings. The number of nitrogens with zero attached hydrogens (tertiary/aromatic N) is 1. The second-order valence-electron chi connectivity index (χ2n) is 3.88. The van der Waals surface area contributed by atoms with Crippen molar-refractivity contribution in [2.24, 2.45) is 5.73 Å². The zero-order chi connectivity index (χ0) is 10.6. The van der Waals surface area contributed by atoms with Gasteiger partial charge in [-0.1, -0.05) is 0 Å². The number of carbonyl (C=O) groups is 1. The summed E-state index contributed by atoms with van der Waals surface area (Å²) in [5.74, 6) is 0.173. The molecule has 1 rings (SSSR count). The Bertz CT molecular complexity index is 193. The Labute approximate surface area is 85.4 Å². The average molecular weight is 200 g/mol. The van der Waals surface area contributed by atoms with E-state index < -0.39 is 0 Å². The van der Waals surface area contributed by atoms with Crippen molar-refractivity contribution in [1.82, 2.24) is 4.90 Å². The van der Waals surface area contributed by atoms with E-state index in [0.29, 0.717) is 19.0 Å². The van der Waals surface area contributed by atoms with Crippen molar-refractivity contribution in [3.8, 4) is 0 Å². The smallest absolute Gasteiger partial charge is 0.225 e. The Kier molecular flexibility index (Phi) is 4.35. The van der Waals surface area contributed by atoms with Gasteiger partial charge < -0.3 is 15.4 Å². The van der Waals surface area contributed by atoms with E-state index in [-0.39, 0.29) is 12.0 Å². The molecule has 0 radical (unpaired) electrons. The highest BCUT2D eigenvalue weighted by atomic mass is 16.5. The van der Waals surface area contributed by atoms with Crippen LogP contribution in [0, 0.1) is 0 Å². The Morgan fingerprint density at radius 2 is 2.43 bits per heavy atom. The van der Waals surface area contributed by atoms with Crippen LogP contribution in [-0.2, 0) is 9.53 Å². The van der Waals surface area contributed by atoms with E-state index in [2.05, 4.69) is 6.92 Å². The van der Waals surface area contributed by atoms with Gasteiger partial charge in [0.2, 0.25) is 5.91 Å². The van der Waals surface area contributed by atoms with Gasteiger partial charge in [0.25, 0.3) is 0 Å². The molecule has 2 N–H and O–H groups in total. The van der Waals surface area contributed by atoms with E-state index in [1.807, 2.05) is 4.90 Å². The molecule has 1 saturated heterocycles. The van der Waals surface area contributed by atoms with Crippen LogP contribution < -0.4 is 5.73 Å². The third-order valence-electron chi connectivity index (χ3n) is 2.87. The summed E-state index contributed by atoms with van der Waals surface area (Å²) in [6, 6.07) is 0.387. The molecule has 14 heavy (non-hydrogen) atoms. The van der Waals surface area contributed by atoms with Gasteiger partial charge >= 0.3 is 0 Å². The lowest BCUT2D eigenvalue weighted by molar-refractivity contribution is -0.134. The van der Waals surface area contributed by atoms with Gasteiger partial charge in [0, 0.05) is 26.2 Å². The topological polar surface area (TPSA) is 55.6 Å². The summed E-state index contributed by atoms with van der Waals surface area (Å²) in [6.45, 7) is 3.39. The molecule has 82 valence electrons. The van der Waals surface area contributed by atoms with Crippen LogP contribution in [0.1, 0.15) is 26.2 Å². The lowest BCUT2D eigenvalue weighted by Gasteiger charge is -2.23. The summed E-state index contributed by atoms with van der Waals surface area (Å²) in [4.78, 5) is 13.7. The number of carbonyl (C=O) groups excluding carboxylic acids is 1. The van der Waals surface area contributed by atoms with Crippen molar-refractivity contribution in [2.45, 2.75) is 38.3 Å². The molecule has 0 aromatic heterocycles. The number of ether oxygens (including phenoxy) is 1. The Balaban J connectivity index is 2.40. The molecule has 2 atom stereocenters. The van der Waals surface area contributed by atoms with Crippen molar-refractivity contribution in [3.63, 3.8) is 0 Å². The molecule has 0 spiro atoms. The molecule has 2 unspecified atom stereocenters. The van der Waals surface area contributed by atoms with Crippen LogP contribution in [0.25, 0.3) is 0 Å². The first-order valence-corrected chi connectivity index (χ1v) is 5.21. The fourth-order valence-corrected chi connectivity index (χ4v) is 1.88. The van der Waals surface area contributed by atoms with Crippen molar-refractivity contribution in [1.29, 1.82) is 0 Å².